The molecule has 174 valence electrons. The second kappa shape index (κ2) is 12.0. The summed E-state index contributed by atoms with van der Waals surface area (Å²) in [6.07, 6.45) is 0.452. The molecule has 0 aromatic heterocycles. The molecule has 32 heavy (non-hydrogen) atoms. The van der Waals surface area contributed by atoms with E-state index >= 15 is 0 Å². The van der Waals surface area contributed by atoms with Crippen molar-refractivity contribution < 1.29 is 18.7 Å². The summed E-state index contributed by atoms with van der Waals surface area (Å²) < 4.78 is 20.1. The first kappa shape index (κ1) is 25.8. The lowest BCUT2D eigenvalue weighted by Crippen LogP contribution is -2.50. The van der Waals surface area contributed by atoms with Crippen LogP contribution < -0.4 is 10.1 Å². The molecule has 0 spiro atoms. The lowest BCUT2D eigenvalue weighted by molar-refractivity contribution is -0.143. The van der Waals surface area contributed by atoms with Crippen LogP contribution in [0.3, 0.4) is 0 Å². The highest BCUT2D eigenvalue weighted by Gasteiger charge is 2.29. The van der Waals surface area contributed by atoms with Gasteiger partial charge in [-0.2, -0.15) is 0 Å². The van der Waals surface area contributed by atoms with Gasteiger partial charge in [-0.05, 0) is 67.1 Å². The maximum Gasteiger partial charge on any atom is 0.261 e. The van der Waals surface area contributed by atoms with Gasteiger partial charge in [0.1, 0.15) is 17.6 Å². The number of benzene rings is 2. The molecule has 2 rings (SSSR count). The fourth-order valence-electron chi connectivity index (χ4n) is 3.35. The minimum Gasteiger partial charge on any atom is -0.484 e. The molecule has 1 N–H and O–H groups in total. The first-order valence-corrected chi connectivity index (χ1v) is 11.6. The Morgan fingerprint density at radius 3 is 2.25 bits per heavy atom. The van der Waals surface area contributed by atoms with E-state index in [-0.39, 0.29) is 30.8 Å². The van der Waals surface area contributed by atoms with Crippen molar-refractivity contribution in [3.05, 3.63) is 63.4 Å². The van der Waals surface area contributed by atoms with E-state index in [1.807, 2.05) is 46.8 Å². The molecule has 2 amide bonds. The Balaban J connectivity index is 2.22. The molecule has 7 heteroatoms. The molecule has 0 aliphatic rings. The molecule has 5 nitrogen and oxygen atoms in total. The van der Waals surface area contributed by atoms with Crippen molar-refractivity contribution in [3.8, 4) is 5.75 Å². The highest BCUT2D eigenvalue weighted by atomic mass is 79.9. The number of carbonyl (C=O) groups excluding carboxylic acids is 2. The molecule has 1 unspecified atom stereocenters. The third-order valence-corrected chi connectivity index (χ3v) is 6.36. The molecule has 0 aliphatic heterocycles. The van der Waals surface area contributed by atoms with Crippen LogP contribution in [0, 0.1) is 25.6 Å². The Morgan fingerprint density at radius 2 is 1.72 bits per heavy atom. The number of ether oxygens (including phenoxy) is 1. The normalized spacial score (nSPS) is 11.9. The summed E-state index contributed by atoms with van der Waals surface area (Å²) >= 11 is 3.53. The zero-order valence-corrected chi connectivity index (χ0v) is 21.0. The van der Waals surface area contributed by atoms with Crippen molar-refractivity contribution >= 4 is 27.7 Å². The summed E-state index contributed by atoms with van der Waals surface area (Å²) in [7, 11) is 0. The molecule has 0 radical (unpaired) electrons. The number of aryl methyl sites for hydroxylation is 2. The third-order valence-electron chi connectivity index (χ3n) is 5.11. The Bertz CT molecular complexity index is 908. The van der Waals surface area contributed by atoms with E-state index in [1.165, 1.54) is 17.0 Å². The smallest absolute Gasteiger partial charge is 0.261 e. The van der Waals surface area contributed by atoms with Crippen LogP contribution in [0.1, 0.15) is 43.9 Å². The molecule has 0 saturated carbocycles. The number of amides is 2. The molecular weight excluding hydrogens is 475 g/mol. The summed E-state index contributed by atoms with van der Waals surface area (Å²) in [5, 5.41) is 2.92. The summed E-state index contributed by atoms with van der Waals surface area (Å²) in [5.74, 6) is 0.0317. The summed E-state index contributed by atoms with van der Waals surface area (Å²) in [4.78, 5) is 27.6. The first-order valence-electron chi connectivity index (χ1n) is 10.8. The van der Waals surface area contributed by atoms with Crippen LogP contribution in [-0.4, -0.2) is 35.9 Å². The highest BCUT2D eigenvalue weighted by Crippen LogP contribution is 2.26. The van der Waals surface area contributed by atoms with E-state index in [0.29, 0.717) is 24.6 Å². The van der Waals surface area contributed by atoms with Crippen molar-refractivity contribution in [2.45, 2.75) is 53.6 Å². The van der Waals surface area contributed by atoms with E-state index in [0.717, 1.165) is 21.2 Å². The first-order chi connectivity index (χ1) is 15.1. The molecular formula is C25H32BrFN2O3. The van der Waals surface area contributed by atoms with Gasteiger partial charge in [-0.25, -0.2) is 4.39 Å². The second-order valence-electron chi connectivity index (χ2n) is 8.37. The number of halogens is 2. The second-order valence-corrected chi connectivity index (χ2v) is 9.16. The SMILES string of the molecule is CCC(C(=O)NCC(C)C)N(Cc1ccc(F)cc1)C(=O)COc1cc(C)c(Br)c(C)c1. The fourth-order valence-corrected chi connectivity index (χ4v) is 3.57. The van der Waals surface area contributed by atoms with Crippen LogP contribution in [0.25, 0.3) is 0 Å². The zero-order valence-electron chi connectivity index (χ0n) is 19.4. The van der Waals surface area contributed by atoms with Gasteiger partial charge in [-0.3, -0.25) is 9.59 Å². The number of hydrogen-bond donors (Lipinski definition) is 1. The average Bonchev–Trinajstić information content (AvgIpc) is 2.75. The Morgan fingerprint density at radius 1 is 1.12 bits per heavy atom. The quantitative estimate of drug-likeness (QED) is 0.483. The summed E-state index contributed by atoms with van der Waals surface area (Å²) in [6, 6.07) is 9.02. The van der Waals surface area contributed by atoms with E-state index in [9.17, 15) is 14.0 Å². The van der Waals surface area contributed by atoms with Crippen molar-refractivity contribution in [2.75, 3.05) is 13.2 Å². The van der Waals surface area contributed by atoms with Gasteiger partial charge >= 0.3 is 0 Å². The van der Waals surface area contributed by atoms with Gasteiger partial charge in [0.25, 0.3) is 5.91 Å². The average molecular weight is 507 g/mol. The van der Waals surface area contributed by atoms with Crippen LogP contribution in [0.4, 0.5) is 4.39 Å². The number of carbonyl (C=O) groups is 2. The molecule has 1 atom stereocenters. The predicted octanol–water partition coefficient (Wildman–Crippen LogP) is 5.16. The Labute approximate surface area is 198 Å². The van der Waals surface area contributed by atoms with Crippen molar-refractivity contribution in [2.24, 2.45) is 5.92 Å². The highest BCUT2D eigenvalue weighted by molar-refractivity contribution is 9.10. The maximum atomic E-state index is 13.3. The number of rotatable bonds is 10. The molecule has 2 aromatic carbocycles. The van der Waals surface area contributed by atoms with Gasteiger partial charge in [0.2, 0.25) is 5.91 Å². The molecule has 2 aromatic rings. The number of nitrogens with zero attached hydrogens (tertiary/aromatic N) is 1. The van der Waals surface area contributed by atoms with Gasteiger partial charge in [0.15, 0.2) is 6.61 Å². The fraction of sp³-hybridized carbons (Fsp3) is 0.440. The van der Waals surface area contributed by atoms with Crippen LogP contribution in [0.15, 0.2) is 40.9 Å². The number of nitrogens with one attached hydrogen (secondary N) is 1. The van der Waals surface area contributed by atoms with Crippen LogP contribution in [0.2, 0.25) is 0 Å². The lowest BCUT2D eigenvalue weighted by Gasteiger charge is -2.31. The topological polar surface area (TPSA) is 58.6 Å². The standard InChI is InChI=1S/C25H32BrFN2O3/c1-6-22(25(31)28-13-16(2)3)29(14-19-7-9-20(27)10-8-19)23(30)15-32-21-11-17(4)24(26)18(5)12-21/h7-12,16,22H,6,13-15H2,1-5H3,(H,28,31). The van der Waals surface area contributed by atoms with Gasteiger partial charge in [0, 0.05) is 17.6 Å². The Hall–Kier alpha value is -2.41. The van der Waals surface area contributed by atoms with Gasteiger partial charge in [0.05, 0.1) is 0 Å². The van der Waals surface area contributed by atoms with Crippen LogP contribution >= 0.6 is 15.9 Å². The lowest BCUT2D eigenvalue weighted by atomic mass is 10.1. The van der Waals surface area contributed by atoms with E-state index in [2.05, 4.69) is 21.2 Å². The van der Waals surface area contributed by atoms with Gasteiger partial charge in [-0.1, -0.05) is 48.8 Å². The van der Waals surface area contributed by atoms with Crippen LogP contribution in [0.5, 0.6) is 5.75 Å². The van der Waals surface area contributed by atoms with Crippen molar-refractivity contribution in [1.82, 2.24) is 10.2 Å². The summed E-state index contributed by atoms with van der Waals surface area (Å²) in [6.45, 7) is 10.3. The maximum absolute atomic E-state index is 13.3. The van der Waals surface area contributed by atoms with Gasteiger partial charge in [-0.15, -0.1) is 0 Å². The van der Waals surface area contributed by atoms with E-state index < -0.39 is 6.04 Å². The minimum atomic E-state index is -0.650. The predicted molar refractivity (Wildman–Crippen MR) is 128 cm³/mol. The van der Waals surface area contributed by atoms with Crippen molar-refractivity contribution in [3.63, 3.8) is 0 Å². The molecule has 0 saturated heterocycles. The zero-order chi connectivity index (χ0) is 23.8. The molecule has 0 heterocycles. The molecule has 0 bridgehead atoms. The van der Waals surface area contributed by atoms with Crippen molar-refractivity contribution in [1.29, 1.82) is 0 Å². The third kappa shape index (κ3) is 7.33. The van der Waals surface area contributed by atoms with Gasteiger partial charge < -0.3 is 15.0 Å². The molecule has 0 fully saturated rings. The largest absolute Gasteiger partial charge is 0.484 e. The monoisotopic (exact) mass is 506 g/mol. The Kier molecular flexibility index (Phi) is 9.69. The minimum absolute atomic E-state index is 0.189. The molecule has 0 aliphatic carbocycles. The van der Waals surface area contributed by atoms with E-state index in [4.69, 9.17) is 4.74 Å². The number of hydrogen-bond acceptors (Lipinski definition) is 3. The van der Waals surface area contributed by atoms with Crippen LogP contribution in [-0.2, 0) is 16.1 Å². The van der Waals surface area contributed by atoms with E-state index in [1.54, 1.807) is 12.1 Å². The summed E-state index contributed by atoms with van der Waals surface area (Å²) in [5.41, 5.74) is 2.76.